The first-order valence-electron chi connectivity index (χ1n) is 13.0. The number of likely N-dealkylation sites (N-methyl/N-ethyl adjacent to an activating group) is 1. The molecule has 3 atom stereocenters. The molecule has 2 aliphatic heterocycles. The molecule has 2 aromatic rings. The van der Waals surface area contributed by atoms with Crippen LogP contribution in [0.3, 0.4) is 0 Å². The number of piperidine rings is 1. The third kappa shape index (κ3) is 6.18. The Balaban J connectivity index is 1.71. The summed E-state index contributed by atoms with van der Waals surface area (Å²) in [5, 5.41) is 29.9. The van der Waals surface area contributed by atoms with Crippen LogP contribution in [-0.2, 0) is 14.8 Å². The van der Waals surface area contributed by atoms with E-state index in [9.17, 15) is 23.6 Å². The van der Waals surface area contributed by atoms with Crippen molar-refractivity contribution in [3.8, 4) is 11.9 Å². The van der Waals surface area contributed by atoms with Gasteiger partial charge in [0.25, 0.3) is 0 Å². The quantitative estimate of drug-likeness (QED) is 0.228. The van der Waals surface area contributed by atoms with Crippen LogP contribution < -0.4 is 20.7 Å². The van der Waals surface area contributed by atoms with E-state index < -0.39 is 33.8 Å². The first-order valence-corrected chi connectivity index (χ1v) is 14.9. The first kappa shape index (κ1) is 29.6. The molecule has 13 heteroatoms. The minimum absolute atomic E-state index is 0.0332. The molecule has 214 valence electrons. The van der Waals surface area contributed by atoms with Gasteiger partial charge in [0.05, 0.1) is 10.9 Å². The Hall–Kier alpha value is -3.37. The van der Waals surface area contributed by atoms with Crippen LogP contribution in [0.5, 0.6) is 5.75 Å². The summed E-state index contributed by atoms with van der Waals surface area (Å²) in [5.41, 5.74) is -0.105. The number of ether oxygens (including phenoxy) is 1. The summed E-state index contributed by atoms with van der Waals surface area (Å²) in [4.78, 5) is 16.5. The number of halogens is 1. The van der Waals surface area contributed by atoms with Crippen molar-refractivity contribution in [1.82, 2.24) is 14.9 Å². The predicted molar refractivity (Wildman–Crippen MR) is 151 cm³/mol. The molecule has 0 aliphatic carbocycles. The van der Waals surface area contributed by atoms with Crippen LogP contribution >= 0.6 is 11.6 Å². The number of carbonyl (C=O) groups excluding carboxylic acids is 1. The van der Waals surface area contributed by atoms with Gasteiger partial charge in [-0.05, 0) is 76.1 Å². The third-order valence-electron chi connectivity index (χ3n) is 6.99. The number of nitriles is 1. The number of amides is 1. The Kier molecular flexibility index (Phi) is 8.90. The molecule has 1 amide bonds. The van der Waals surface area contributed by atoms with E-state index in [0.717, 1.165) is 6.42 Å². The molecule has 2 aliphatic rings. The second kappa shape index (κ2) is 12.0. The summed E-state index contributed by atoms with van der Waals surface area (Å²) in [6, 6.07) is 9.46. The van der Waals surface area contributed by atoms with Crippen molar-refractivity contribution in [3.05, 3.63) is 53.1 Å². The van der Waals surface area contributed by atoms with Gasteiger partial charge in [-0.2, -0.15) is 9.57 Å². The second-order valence-electron chi connectivity index (χ2n) is 10.2. The average Bonchev–Trinajstić information content (AvgIpc) is 2.92. The third-order valence-corrected chi connectivity index (χ3v) is 9.15. The van der Waals surface area contributed by atoms with Crippen LogP contribution in [0.4, 0.5) is 5.69 Å². The standard InChI is InChI=1S/C27H33ClN6O5S/c1-4-30-25(36)21-7-5-6-14-34(21)40(37,38)19-12-13-22-20(15-19)23(24(35)27(2,3)39-22)33-26(31-16-29)32-18-10-8-17(28)9-11-18/h8-13,15,21,23-24,35H,4-7,14H2,1-3H3,(H,30,36)(H2,31,32,33)/t21?,23-,24+/m1/s1. The minimum Gasteiger partial charge on any atom is -0.485 e. The highest BCUT2D eigenvalue weighted by Gasteiger charge is 2.45. The van der Waals surface area contributed by atoms with E-state index in [2.05, 4.69) is 20.9 Å². The summed E-state index contributed by atoms with van der Waals surface area (Å²) in [6.07, 6.45) is 2.40. The highest BCUT2D eigenvalue weighted by atomic mass is 35.5. The number of benzene rings is 2. The maximum absolute atomic E-state index is 13.8. The molecular formula is C27H33ClN6O5S. The highest BCUT2D eigenvalue weighted by molar-refractivity contribution is 7.89. The average molecular weight is 589 g/mol. The summed E-state index contributed by atoms with van der Waals surface area (Å²) >= 11 is 5.97. The van der Waals surface area contributed by atoms with E-state index >= 15 is 0 Å². The number of anilines is 1. The number of guanidine groups is 1. The smallest absolute Gasteiger partial charge is 0.243 e. The number of rotatable bonds is 6. The lowest BCUT2D eigenvalue weighted by Gasteiger charge is -2.43. The Morgan fingerprint density at radius 2 is 1.98 bits per heavy atom. The van der Waals surface area contributed by atoms with Crippen molar-refractivity contribution >= 4 is 39.2 Å². The van der Waals surface area contributed by atoms with Crippen molar-refractivity contribution in [2.75, 3.05) is 18.4 Å². The molecule has 1 fully saturated rings. The summed E-state index contributed by atoms with van der Waals surface area (Å²) in [5.74, 6) is 0.0843. The first-order chi connectivity index (χ1) is 19.0. The van der Waals surface area contributed by atoms with Gasteiger partial charge in [-0.15, -0.1) is 4.99 Å². The second-order valence-corrected chi connectivity index (χ2v) is 12.5. The molecule has 1 saturated heterocycles. The molecule has 4 rings (SSSR count). The number of hydrogen-bond donors (Lipinski definition) is 4. The predicted octanol–water partition coefficient (Wildman–Crippen LogP) is 3.13. The lowest BCUT2D eigenvalue weighted by atomic mass is 9.86. The number of aliphatic imine (C=N–C) groups is 1. The molecule has 2 heterocycles. The Morgan fingerprint density at radius 3 is 2.65 bits per heavy atom. The lowest BCUT2D eigenvalue weighted by molar-refractivity contribution is -0.125. The summed E-state index contributed by atoms with van der Waals surface area (Å²) < 4.78 is 35.0. The number of sulfonamides is 1. The number of aliphatic hydroxyl groups is 1. The number of carbonyl (C=O) groups is 1. The Bertz CT molecular complexity index is 1420. The molecule has 1 unspecified atom stereocenters. The van der Waals surface area contributed by atoms with E-state index in [1.165, 1.54) is 16.4 Å². The van der Waals surface area contributed by atoms with Crippen LogP contribution in [0.1, 0.15) is 51.6 Å². The van der Waals surface area contributed by atoms with Crippen molar-refractivity contribution < 1.29 is 23.1 Å². The largest absolute Gasteiger partial charge is 0.485 e. The molecule has 2 aromatic carbocycles. The van der Waals surface area contributed by atoms with Crippen molar-refractivity contribution in [3.63, 3.8) is 0 Å². The molecular weight excluding hydrogens is 556 g/mol. The van der Waals surface area contributed by atoms with Gasteiger partial charge in [0.2, 0.25) is 28.1 Å². The molecule has 11 nitrogen and oxygen atoms in total. The SMILES string of the molecule is CCNC(=O)C1CCCCN1S(=O)(=O)c1ccc2c(c1)[C@@H](NC(=NC#N)Nc1ccc(Cl)cc1)[C@H](O)C(C)(C)O2. The zero-order chi connectivity index (χ0) is 29.1. The van der Waals surface area contributed by atoms with E-state index in [1.807, 2.05) is 0 Å². The van der Waals surface area contributed by atoms with E-state index in [1.54, 1.807) is 57.3 Å². The maximum Gasteiger partial charge on any atom is 0.243 e. The normalized spacial score (nSPS) is 22.8. The fraction of sp³-hybridized carbons (Fsp3) is 0.444. The number of nitrogens with one attached hydrogen (secondary N) is 3. The molecule has 4 N–H and O–H groups in total. The molecule has 0 radical (unpaired) electrons. The van der Waals surface area contributed by atoms with Crippen molar-refractivity contribution in [2.24, 2.45) is 4.99 Å². The molecule has 0 aromatic heterocycles. The van der Waals surface area contributed by atoms with Crippen LogP contribution in [0, 0.1) is 11.5 Å². The van der Waals surface area contributed by atoms with Gasteiger partial charge in [-0.25, -0.2) is 8.42 Å². The summed E-state index contributed by atoms with van der Waals surface area (Å²) in [6.45, 7) is 5.82. The van der Waals surface area contributed by atoms with Gasteiger partial charge in [0.15, 0.2) is 0 Å². The number of nitrogens with zero attached hydrogens (tertiary/aromatic N) is 3. The van der Waals surface area contributed by atoms with E-state index in [0.29, 0.717) is 41.4 Å². The van der Waals surface area contributed by atoms with Crippen LogP contribution in [0.2, 0.25) is 5.02 Å². The number of hydrogen-bond acceptors (Lipinski definition) is 7. The minimum atomic E-state index is -4.07. The lowest BCUT2D eigenvalue weighted by Crippen LogP contribution is -2.54. The molecule has 0 spiro atoms. The zero-order valence-corrected chi connectivity index (χ0v) is 24.1. The highest BCUT2D eigenvalue weighted by Crippen LogP contribution is 2.41. The molecule has 40 heavy (non-hydrogen) atoms. The zero-order valence-electron chi connectivity index (χ0n) is 22.5. The van der Waals surface area contributed by atoms with Gasteiger partial charge >= 0.3 is 0 Å². The fourth-order valence-corrected chi connectivity index (χ4v) is 6.76. The van der Waals surface area contributed by atoms with Crippen molar-refractivity contribution in [2.45, 2.75) is 68.7 Å². The molecule has 0 saturated carbocycles. The fourth-order valence-electron chi connectivity index (χ4n) is 4.94. The maximum atomic E-state index is 13.8. The number of fused-ring (bicyclic) bond motifs is 1. The Labute approximate surface area is 239 Å². The monoisotopic (exact) mass is 588 g/mol. The van der Waals surface area contributed by atoms with E-state index in [4.69, 9.17) is 16.3 Å². The van der Waals surface area contributed by atoms with Crippen molar-refractivity contribution in [1.29, 1.82) is 5.26 Å². The van der Waals surface area contributed by atoms with Gasteiger partial charge in [0.1, 0.15) is 23.5 Å². The Morgan fingerprint density at radius 1 is 1.25 bits per heavy atom. The summed E-state index contributed by atoms with van der Waals surface area (Å²) in [7, 11) is -4.07. The number of aliphatic hydroxyl groups excluding tert-OH is 1. The molecule has 0 bridgehead atoms. The van der Waals surface area contributed by atoms with Gasteiger partial charge in [-0.1, -0.05) is 18.0 Å². The van der Waals surface area contributed by atoms with E-state index in [-0.39, 0.29) is 23.3 Å². The van der Waals surface area contributed by atoms with Crippen LogP contribution in [0.25, 0.3) is 0 Å². The van der Waals surface area contributed by atoms with Crippen LogP contribution in [-0.4, -0.2) is 60.5 Å². The van der Waals surface area contributed by atoms with Gasteiger partial charge < -0.3 is 25.8 Å². The van der Waals surface area contributed by atoms with Gasteiger partial charge in [0, 0.05) is 29.4 Å². The topological polar surface area (TPSA) is 156 Å². The van der Waals surface area contributed by atoms with Crippen LogP contribution in [0.15, 0.2) is 52.4 Å². The van der Waals surface area contributed by atoms with Gasteiger partial charge in [-0.3, -0.25) is 4.79 Å².